The Hall–Kier alpha value is -4.15. The standard InChI is InChI=1S/C22H20F2N6O3/c1-13(2)29(12-20(31)32)22-16(24)10-25-21(26-22)18-9-19(17-7-8-33-28-17)30(27-18)11-14-5-3-4-6-15(14)23/h3-10,13H,11-12H2,1-2H3,(H,31,32). The summed E-state index contributed by atoms with van der Waals surface area (Å²) >= 11 is 0. The van der Waals surface area contributed by atoms with E-state index in [1.54, 1.807) is 44.2 Å². The third kappa shape index (κ3) is 4.71. The molecule has 0 radical (unpaired) electrons. The van der Waals surface area contributed by atoms with Gasteiger partial charge in [0.15, 0.2) is 17.5 Å². The highest BCUT2D eigenvalue weighted by atomic mass is 19.1. The summed E-state index contributed by atoms with van der Waals surface area (Å²) in [6.07, 6.45) is 2.37. The second-order valence-corrected chi connectivity index (χ2v) is 7.53. The van der Waals surface area contributed by atoms with Crippen LogP contribution >= 0.6 is 0 Å². The summed E-state index contributed by atoms with van der Waals surface area (Å²) in [5.74, 6) is -2.33. The first-order valence-electron chi connectivity index (χ1n) is 10.1. The van der Waals surface area contributed by atoms with Crippen molar-refractivity contribution in [3.63, 3.8) is 0 Å². The van der Waals surface area contributed by atoms with E-state index in [0.29, 0.717) is 17.0 Å². The molecule has 3 heterocycles. The van der Waals surface area contributed by atoms with Crippen LogP contribution < -0.4 is 4.90 Å². The molecule has 0 saturated heterocycles. The van der Waals surface area contributed by atoms with Gasteiger partial charge in [-0.25, -0.2) is 18.7 Å². The molecule has 0 fully saturated rings. The van der Waals surface area contributed by atoms with Crippen molar-refractivity contribution in [2.24, 2.45) is 0 Å². The molecule has 0 atom stereocenters. The van der Waals surface area contributed by atoms with Gasteiger partial charge in [0.05, 0.1) is 18.4 Å². The van der Waals surface area contributed by atoms with Gasteiger partial charge >= 0.3 is 5.97 Å². The molecule has 3 aromatic heterocycles. The van der Waals surface area contributed by atoms with E-state index in [0.717, 1.165) is 6.20 Å². The lowest BCUT2D eigenvalue weighted by Gasteiger charge is -2.26. The Morgan fingerprint density at radius 1 is 1.18 bits per heavy atom. The third-order valence-corrected chi connectivity index (χ3v) is 4.91. The minimum Gasteiger partial charge on any atom is -0.480 e. The lowest BCUT2D eigenvalue weighted by Crippen LogP contribution is -2.37. The molecule has 0 aliphatic rings. The summed E-state index contributed by atoms with van der Waals surface area (Å²) in [6, 6.07) is 9.24. The molecule has 9 nitrogen and oxygen atoms in total. The quantitative estimate of drug-likeness (QED) is 0.430. The van der Waals surface area contributed by atoms with Crippen LogP contribution in [0.5, 0.6) is 0 Å². The highest BCUT2D eigenvalue weighted by Gasteiger charge is 2.23. The summed E-state index contributed by atoms with van der Waals surface area (Å²) < 4.78 is 35.2. The molecule has 0 aliphatic carbocycles. The maximum atomic E-state index is 14.5. The summed E-state index contributed by atoms with van der Waals surface area (Å²) in [4.78, 5) is 20.9. The van der Waals surface area contributed by atoms with Gasteiger partial charge in [-0.05, 0) is 26.0 Å². The van der Waals surface area contributed by atoms with Crippen molar-refractivity contribution in [3.05, 3.63) is 66.1 Å². The smallest absolute Gasteiger partial charge is 0.323 e. The zero-order valence-electron chi connectivity index (χ0n) is 17.8. The van der Waals surface area contributed by atoms with E-state index in [1.165, 1.54) is 21.9 Å². The molecule has 4 aromatic rings. The van der Waals surface area contributed by atoms with Gasteiger partial charge in [-0.3, -0.25) is 9.48 Å². The second kappa shape index (κ2) is 9.15. The Morgan fingerprint density at radius 3 is 2.64 bits per heavy atom. The van der Waals surface area contributed by atoms with Crippen molar-refractivity contribution < 1.29 is 23.2 Å². The number of aromatic nitrogens is 5. The molecule has 170 valence electrons. The number of anilines is 1. The van der Waals surface area contributed by atoms with Gasteiger partial charge in [-0.1, -0.05) is 23.4 Å². The van der Waals surface area contributed by atoms with Crippen molar-refractivity contribution in [2.75, 3.05) is 11.4 Å². The average molecular weight is 454 g/mol. The Kier molecular flexibility index (Phi) is 6.11. The predicted octanol–water partition coefficient (Wildman–Crippen LogP) is 3.62. The van der Waals surface area contributed by atoms with E-state index in [9.17, 15) is 18.7 Å². The molecular formula is C22H20F2N6O3. The number of carboxylic acids is 1. The molecular weight excluding hydrogens is 434 g/mol. The van der Waals surface area contributed by atoms with Crippen LogP contribution in [0.4, 0.5) is 14.6 Å². The highest BCUT2D eigenvalue weighted by molar-refractivity contribution is 5.73. The van der Waals surface area contributed by atoms with Crippen LogP contribution in [0.15, 0.2) is 53.4 Å². The minimum atomic E-state index is -1.12. The summed E-state index contributed by atoms with van der Waals surface area (Å²) in [7, 11) is 0. The number of rotatable bonds is 8. The van der Waals surface area contributed by atoms with Crippen LogP contribution in [0.25, 0.3) is 22.9 Å². The lowest BCUT2D eigenvalue weighted by molar-refractivity contribution is -0.135. The molecule has 4 rings (SSSR count). The number of carbonyl (C=O) groups is 1. The molecule has 1 aromatic carbocycles. The molecule has 1 N–H and O–H groups in total. The first kappa shape index (κ1) is 22.1. The zero-order chi connectivity index (χ0) is 23.5. The number of hydrogen-bond acceptors (Lipinski definition) is 7. The normalized spacial score (nSPS) is 11.2. The Bertz CT molecular complexity index is 1270. The number of halogens is 2. The summed E-state index contributed by atoms with van der Waals surface area (Å²) in [5, 5.41) is 17.6. The number of benzene rings is 1. The van der Waals surface area contributed by atoms with Crippen molar-refractivity contribution in [2.45, 2.75) is 26.4 Å². The molecule has 0 amide bonds. The number of carboxylic acid groups (broad SMARTS) is 1. The first-order chi connectivity index (χ1) is 15.8. The van der Waals surface area contributed by atoms with Crippen LogP contribution in [0.1, 0.15) is 19.4 Å². The Balaban J connectivity index is 1.78. The molecule has 33 heavy (non-hydrogen) atoms. The summed E-state index contributed by atoms with van der Waals surface area (Å²) in [5.41, 5.74) is 1.67. The van der Waals surface area contributed by atoms with Crippen molar-refractivity contribution >= 4 is 11.8 Å². The van der Waals surface area contributed by atoms with E-state index in [4.69, 9.17) is 4.52 Å². The highest BCUT2D eigenvalue weighted by Crippen LogP contribution is 2.27. The zero-order valence-corrected chi connectivity index (χ0v) is 17.8. The number of hydrogen-bond donors (Lipinski definition) is 1. The molecule has 0 saturated carbocycles. The lowest BCUT2D eigenvalue weighted by atomic mass is 10.2. The van der Waals surface area contributed by atoms with Crippen LogP contribution in [-0.2, 0) is 11.3 Å². The maximum Gasteiger partial charge on any atom is 0.323 e. The number of nitrogens with zero attached hydrogens (tertiary/aromatic N) is 6. The second-order valence-electron chi connectivity index (χ2n) is 7.53. The van der Waals surface area contributed by atoms with Gasteiger partial charge in [0.25, 0.3) is 0 Å². The molecule has 11 heteroatoms. The fraction of sp³-hybridized carbons (Fsp3) is 0.227. The van der Waals surface area contributed by atoms with Crippen molar-refractivity contribution in [1.82, 2.24) is 24.9 Å². The topological polar surface area (TPSA) is 110 Å². The Labute approximate surface area is 187 Å². The fourth-order valence-corrected chi connectivity index (χ4v) is 3.32. The van der Waals surface area contributed by atoms with Crippen molar-refractivity contribution in [3.8, 4) is 22.9 Å². The third-order valence-electron chi connectivity index (χ3n) is 4.91. The minimum absolute atomic E-state index is 0.0828. The summed E-state index contributed by atoms with van der Waals surface area (Å²) in [6.45, 7) is 3.13. The van der Waals surface area contributed by atoms with E-state index in [1.807, 2.05) is 0 Å². The predicted molar refractivity (Wildman–Crippen MR) is 114 cm³/mol. The van der Waals surface area contributed by atoms with Gasteiger partial charge in [0.1, 0.15) is 30.0 Å². The monoisotopic (exact) mass is 454 g/mol. The molecule has 0 unspecified atom stereocenters. The van der Waals surface area contributed by atoms with Gasteiger partial charge in [0.2, 0.25) is 0 Å². The van der Waals surface area contributed by atoms with E-state index < -0.39 is 18.3 Å². The van der Waals surface area contributed by atoms with Crippen LogP contribution in [0.3, 0.4) is 0 Å². The van der Waals surface area contributed by atoms with Gasteiger partial charge in [0, 0.05) is 17.7 Å². The van der Waals surface area contributed by atoms with Crippen molar-refractivity contribution in [1.29, 1.82) is 0 Å². The van der Waals surface area contributed by atoms with E-state index >= 15 is 0 Å². The SMILES string of the molecule is CC(C)N(CC(=O)O)c1nc(-c2cc(-c3ccon3)n(Cc3ccccc3F)n2)ncc1F. The van der Waals surface area contributed by atoms with Gasteiger partial charge < -0.3 is 14.5 Å². The molecule has 0 bridgehead atoms. The van der Waals surface area contributed by atoms with Crippen LogP contribution in [0.2, 0.25) is 0 Å². The van der Waals surface area contributed by atoms with E-state index in [-0.39, 0.29) is 35.7 Å². The van der Waals surface area contributed by atoms with Crippen LogP contribution in [-0.4, -0.2) is 48.6 Å². The number of aliphatic carboxylic acids is 1. The maximum absolute atomic E-state index is 14.5. The largest absolute Gasteiger partial charge is 0.480 e. The Morgan fingerprint density at radius 2 is 1.97 bits per heavy atom. The van der Waals surface area contributed by atoms with Gasteiger partial charge in [-0.2, -0.15) is 5.10 Å². The van der Waals surface area contributed by atoms with Gasteiger partial charge in [-0.15, -0.1) is 0 Å². The van der Waals surface area contributed by atoms with Crippen LogP contribution in [0, 0.1) is 11.6 Å². The average Bonchev–Trinajstić information content (AvgIpc) is 3.44. The first-order valence-corrected chi connectivity index (χ1v) is 10.1. The molecule has 0 aliphatic heterocycles. The van der Waals surface area contributed by atoms with E-state index in [2.05, 4.69) is 20.2 Å². The molecule has 0 spiro atoms. The fourth-order valence-electron chi connectivity index (χ4n) is 3.32.